The van der Waals surface area contributed by atoms with E-state index in [2.05, 4.69) is 15.9 Å². The minimum atomic E-state index is -1.35. The zero-order valence-electron chi connectivity index (χ0n) is 10.4. The fourth-order valence-corrected chi connectivity index (χ4v) is 2.67. The molecule has 5 atom stereocenters. The molecule has 4 N–H and O–H groups in total. The fourth-order valence-electron chi connectivity index (χ4n) is 2.29. The molecule has 5 unspecified atom stereocenters. The van der Waals surface area contributed by atoms with Crippen LogP contribution in [0.1, 0.15) is 17.2 Å². The van der Waals surface area contributed by atoms with Gasteiger partial charge in [-0.15, -0.1) is 0 Å². The normalized spacial score (nSPS) is 35.4. The van der Waals surface area contributed by atoms with Crippen LogP contribution in [0.4, 0.5) is 0 Å². The number of aliphatic hydroxyl groups excluding tert-OH is 4. The van der Waals surface area contributed by atoms with E-state index in [0.29, 0.717) is 5.56 Å². The average molecular weight is 333 g/mol. The predicted octanol–water partition coefficient (Wildman–Crippen LogP) is 0.272. The van der Waals surface area contributed by atoms with Gasteiger partial charge in [-0.05, 0) is 24.1 Å². The summed E-state index contributed by atoms with van der Waals surface area (Å²) in [5.41, 5.74) is 1.60. The van der Waals surface area contributed by atoms with Crippen molar-refractivity contribution >= 4 is 15.9 Å². The molecule has 0 spiro atoms. The largest absolute Gasteiger partial charge is 0.394 e. The monoisotopic (exact) mass is 332 g/mol. The lowest BCUT2D eigenvalue weighted by atomic mass is 9.89. The van der Waals surface area contributed by atoms with Crippen molar-refractivity contribution in [3.63, 3.8) is 0 Å². The highest BCUT2D eigenvalue weighted by Crippen LogP contribution is 2.35. The zero-order valence-corrected chi connectivity index (χ0v) is 12.0. The maximum Gasteiger partial charge on any atom is 0.113 e. The van der Waals surface area contributed by atoms with E-state index in [9.17, 15) is 15.3 Å². The first-order valence-electron chi connectivity index (χ1n) is 6.03. The number of hydrogen-bond donors (Lipinski definition) is 4. The third kappa shape index (κ3) is 2.69. The zero-order chi connectivity index (χ0) is 14.2. The molecule has 1 aromatic carbocycles. The fraction of sp³-hybridized carbons (Fsp3) is 0.538. The molecule has 0 amide bonds. The van der Waals surface area contributed by atoms with E-state index < -0.39 is 37.1 Å². The molecule has 19 heavy (non-hydrogen) atoms. The summed E-state index contributed by atoms with van der Waals surface area (Å²) in [5, 5.41) is 38.8. The van der Waals surface area contributed by atoms with Crippen LogP contribution in [0.2, 0.25) is 0 Å². The van der Waals surface area contributed by atoms with E-state index in [4.69, 9.17) is 9.84 Å². The minimum Gasteiger partial charge on any atom is -0.394 e. The molecule has 0 saturated carbocycles. The second-order valence-electron chi connectivity index (χ2n) is 4.70. The summed E-state index contributed by atoms with van der Waals surface area (Å²) >= 11 is 3.39. The third-order valence-electron chi connectivity index (χ3n) is 3.51. The minimum absolute atomic E-state index is 0.422. The Morgan fingerprint density at radius 3 is 2.47 bits per heavy atom. The van der Waals surface area contributed by atoms with Crippen molar-refractivity contribution in [2.75, 3.05) is 6.61 Å². The molecule has 106 valence electrons. The van der Waals surface area contributed by atoms with Crippen molar-refractivity contribution in [3.05, 3.63) is 33.8 Å². The van der Waals surface area contributed by atoms with Gasteiger partial charge in [0, 0.05) is 4.47 Å². The van der Waals surface area contributed by atoms with Crippen molar-refractivity contribution < 1.29 is 25.2 Å². The first-order chi connectivity index (χ1) is 8.97. The van der Waals surface area contributed by atoms with Crippen LogP contribution in [0.5, 0.6) is 0 Å². The second kappa shape index (κ2) is 5.87. The molecule has 1 saturated heterocycles. The quantitative estimate of drug-likeness (QED) is 0.624. The molecule has 1 aliphatic heterocycles. The van der Waals surface area contributed by atoms with E-state index in [1.165, 1.54) is 0 Å². The Labute approximate surface area is 119 Å². The molecule has 0 aliphatic carbocycles. The highest BCUT2D eigenvalue weighted by molar-refractivity contribution is 9.10. The highest BCUT2D eigenvalue weighted by Gasteiger charge is 2.44. The Morgan fingerprint density at radius 2 is 1.84 bits per heavy atom. The SMILES string of the molecule is Cc1c(Br)cccc1C1OC(CO)C(O)C(O)C1O. The van der Waals surface area contributed by atoms with E-state index in [1.54, 1.807) is 12.1 Å². The summed E-state index contributed by atoms with van der Waals surface area (Å²) in [6.07, 6.45) is -5.60. The lowest BCUT2D eigenvalue weighted by molar-refractivity contribution is -0.231. The number of aliphatic hydroxyl groups is 4. The lowest BCUT2D eigenvalue weighted by Crippen LogP contribution is -2.55. The number of benzene rings is 1. The van der Waals surface area contributed by atoms with Crippen molar-refractivity contribution in [2.45, 2.75) is 37.4 Å². The van der Waals surface area contributed by atoms with Gasteiger partial charge in [0.1, 0.15) is 30.5 Å². The molecule has 5 nitrogen and oxygen atoms in total. The van der Waals surface area contributed by atoms with Gasteiger partial charge in [0.25, 0.3) is 0 Å². The van der Waals surface area contributed by atoms with Gasteiger partial charge in [-0.25, -0.2) is 0 Å². The van der Waals surface area contributed by atoms with Crippen LogP contribution < -0.4 is 0 Å². The average Bonchev–Trinajstić information content (AvgIpc) is 2.40. The van der Waals surface area contributed by atoms with Crippen molar-refractivity contribution in [2.24, 2.45) is 0 Å². The molecule has 1 aromatic rings. The summed E-state index contributed by atoms with van der Waals surface area (Å²) in [7, 11) is 0. The van der Waals surface area contributed by atoms with Gasteiger partial charge in [-0.3, -0.25) is 0 Å². The Kier molecular flexibility index (Phi) is 4.60. The van der Waals surface area contributed by atoms with Crippen LogP contribution in [0.3, 0.4) is 0 Å². The molecule has 0 bridgehead atoms. The van der Waals surface area contributed by atoms with Crippen LogP contribution in [0.25, 0.3) is 0 Å². The molecule has 0 aromatic heterocycles. The predicted molar refractivity (Wildman–Crippen MR) is 71.6 cm³/mol. The molecule has 1 fully saturated rings. The molecular formula is C13H17BrO5. The summed E-state index contributed by atoms with van der Waals surface area (Å²) in [6, 6.07) is 5.45. The van der Waals surface area contributed by atoms with Crippen LogP contribution in [-0.4, -0.2) is 51.4 Å². The Hall–Kier alpha value is -0.500. The van der Waals surface area contributed by atoms with Crippen LogP contribution in [0.15, 0.2) is 22.7 Å². The summed E-state index contributed by atoms with van der Waals surface area (Å²) in [4.78, 5) is 0. The van der Waals surface area contributed by atoms with Crippen LogP contribution in [0, 0.1) is 6.92 Å². The second-order valence-corrected chi connectivity index (χ2v) is 5.56. The van der Waals surface area contributed by atoms with Gasteiger partial charge in [0.2, 0.25) is 0 Å². The first kappa shape index (κ1) is 14.9. The molecular weight excluding hydrogens is 316 g/mol. The maximum atomic E-state index is 10.1. The van der Waals surface area contributed by atoms with E-state index >= 15 is 0 Å². The smallest absolute Gasteiger partial charge is 0.113 e. The lowest BCUT2D eigenvalue weighted by Gasteiger charge is -2.40. The standard InChI is InChI=1S/C13H17BrO5/c1-6-7(3-2-4-8(6)14)13-12(18)11(17)10(16)9(5-15)19-13/h2-4,9-13,15-18H,5H2,1H3. The van der Waals surface area contributed by atoms with Crippen molar-refractivity contribution in [1.29, 1.82) is 0 Å². The van der Waals surface area contributed by atoms with Gasteiger partial charge in [-0.2, -0.15) is 0 Å². The summed E-state index contributed by atoms with van der Waals surface area (Å²) < 4.78 is 6.38. The summed E-state index contributed by atoms with van der Waals surface area (Å²) in [5.74, 6) is 0. The number of hydrogen-bond acceptors (Lipinski definition) is 5. The highest BCUT2D eigenvalue weighted by atomic mass is 79.9. The van der Waals surface area contributed by atoms with Crippen molar-refractivity contribution in [3.8, 4) is 0 Å². The summed E-state index contributed by atoms with van der Waals surface area (Å²) in [6.45, 7) is 1.44. The molecule has 1 heterocycles. The molecule has 6 heteroatoms. The van der Waals surface area contributed by atoms with E-state index in [1.807, 2.05) is 13.0 Å². The number of rotatable bonds is 2. The maximum absolute atomic E-state index is 10.1. The van der Waals surface area contributed by atoms with E-state index in [0.717, 1.165) is 10.0 Å². The Balaban J connectivity index is 2.35. The van der Waals surface area contributed by atoms with Crippen LogP contribution >= 0.6 is 15.9 Å². The number of ether oxygens (including phenoxy) is 1. The first-order valence-corrected chi connectivity index (χ1v) is 6.82. The Morgan fingerprint density at radius 1 is 1.16 bits per heavy atom. The van der Waals surface area contributed by atoms with Gasteiger partial charge < -0.3 is 25.2 Å². The molecule has 0 radical (unpaired) electrons. The third-order valence-corrected chi connectivity index (χ3v) is 4.37. The Bertz CT molecular complexity index is 451. The number of halogens is 1. The van der Waals surface area contributed by atoms with Crippen molar-refractivity contribution in [1.82, 2.24) is 0 Å². The van der Waals surface area contributed by atoms with Gasteiger partial charge >= 0.3 is 0 Å². The van der Waals surface area contributed by atoms with Gasteiger partial charge in [-0.1, -0.05) is 28.1 Å². The van der Waals surface area contributed by atoms with Gasteiger partial charge in [0.05, 0.1) is 6.61 Å². The molecule has 1 aliphatic rings. The van der Waals surface area contributed by atoms with Crippen LogP contribution in [-0.2, 0) is 4.74 Å². The van der Waals surface area contributed by atoms with Gasteiger partial charge in [0.15, 0.2) is 0 Å². The molecule has 2 rings (SSSR count). The van der Waals surface area contributed by atoms with E-state index in [-0.39, 0.29) is 0 Å². The topological polar surface area (TPSA) is 90.2 Å².